The number of carbonyl (C=O) groups excluding carboxylic acids is 1. The molecular formula is C11H16N2O3. The number of hydrogen-bond acceptors (Lipinski definition) is 4. The molecule has 1 aromatic heterocycles. The van der Waals surface area contributed by atoms with E-state index in [4.69, 9.17) is 4.74 Å². The van der Waals surface area contributed by atoms with Gasteiger partial charge in [0.1, 0.15) is 5.82 Å². The molecule has 0 aromatic carbocycles. The molecule has 16 heavy (non-hydrogen) atoms. The predicted molar refractivity (Wildman–Crippen MR) is 59.3 cm³/mol. The summed E-state index contributed by atoms with van der Waals surface area (Å²) < 4.78 is 4.79. The molecule has 1 rings (SSSR count). The minimum Gasteiger partial charge on any atom is -0.466 e. The summed E-state index contributed by atoms with van der Waals surface area (Å²) in [5.74, 6) is 0.344. The second kappa shape index (κ2) is 5.44. The maximum Gasteiger partial charge on any atom is 0.311 e. The van der Waals surface area contributed by atoms with Crippen LogP contribution in [0.1, 0.15) is 38.2 Å². The summed E-state index contributed by atoms with van der Waals surface area (Å²) in [5, 5.41) is 0. The molecule has 0 atom stereocenters. The van der Waals surface area contributed by atoms with Gasteiger partial charge in [0.05, 0.1) is 18.7 Å². The van der Waals surface area contributed by atoms with Gasteiger partial charge in [0, 0.05) is 12.0 Å². The van der Waals surface area contributed by atoms with E-state index in [9.17, 15) is 9.59 Å². The van der Waals surface area contributed by atoms with Crippen LogP contribution in [-0.4, -0.2) is 22.5 Å². The lowest BCUT2D eigenvalue weighted by Gasteiger charge is -2.06. The highest BCUT2D eigenvalue weighted by molar-refractivity contribution is 5.71. The van der Waals surface area contributed by atoms with Gasteiger partial charge in [-0.1, -0.05) is 13.8 Å². The molecule has 0 fully saturated rings. The molecule has 88 valence electrons. The van der Waals surface area contributed by atoms with E-state index in [1.54, 1.807) is 6.92 Å². The standard InChI is InChI=1S/C11H16N2O3/c1-4-16-10(15)6-8-5-9(14)13-11(12-8)7(2)3/h5,7H,4,6H2,1-3H3,(H,12,13,14). The fourth-order valence-corrected chi connectivity index (χ4v) is 1.25. The Kier molecular flexibility index (Phi) is 4.22. The Balaban J connectivity index is 2.88. The first kappa shape index (κ1) is 12.4. The lowest BCUT2D eigenvalue weighted by molar-refractivity contribution is -0.142. The molecule has 0 bridgehead atoms. The molecule has 0 aliphatic heterocycles. The first-order chi connectivity index (χ1) is 7.52. The fraction of sp³-hybridized carbons (Fsp3) is 0.545. The number of nitrogens with zero attached hydrogens (tertiary/aromatic N) is 1. The third-order valence-electron chi connectivity index (χ3n) is 1.99. The van der Waals surface area contributed by atoms with Crippen molar-refractivity contribution in [3.63, 3.8) is 0 Å². The molecule has 5 heteroatoms. The smallest absolute Gasteiger partial charge is 0.311 e. The number of esters is 1. The van der Waals surface area contributed by atoms with Gasteiger partial charge in [0.25, 0.3) is 5.56 Å². The van der Waals surface area contributed by atoms with E-state index in [0.717, 1.165) is 0 Å². The minimum absolute atomic E-state index is 0.0392. The predicted octanol–water partition coefficient (Wildman–Crippen LogP) is 0.999. The van der Waals surface area contributed by atoms with Crippen molar-refractivity contribution in [1.29, 1.82) is 0 Å². The first-order valence-electron chi connectivity index (χ1n) is 5.28. The Morgan fingerprint density at radius 3 is 2.81 bits per heavy atom. The molecule has 1 aromatic rings. The van der Waals surface area contributed by atoms with Crippen LogP contribution in [0.4, 0.5) is 0 Å². The molecule has 1 heterocycles. The SMILES string of the molecule is CCOC(=O)Cc1cc(=O)[nH]c(C(C)C)n1. The van der Waals surface area contributed by atoms with Crippen molar-refractivity contribution in [2.45, 2.75) is 33.1 Å². The Bertz CT molecular complexity index is 423. The van der Waals surface area contributed by atoms with Crippen molar-refractivity contribution in [3.8, 4) is 0 Å². The zero-order chi connectivity index (χ0) is 12.1. The van der Waals surface area contributed by atoms with E-state index in [1.165, 1.54) is 6.07 Å². The molecule has 1 N–H and O–H groups in total. The highest BCUT2D eigenvalue weighted by Crippen LogP contribution is 2.07. The number of aromatic amines is 1. The third kappa shape index (κ3) is 3.49. The second-order valence-corrected chi connectivity index (χ2v) is 3.76. The molecule has 5 nitrogen and oxygen atoms in total. The van der Waals surface area contributed by atoms with Crippen LogP contribution in [-0.2, 0) is 16.0 Å². The monoisotopic (exact) mass is 224 g/mol. The number of aromatic nitrogens is 2. The highest BCUT2D eigenvalue weighted by atomic mass is 16.5. The van der Waals surface area contributed by atoms with Crippen molar-refractivity contribution in [1.82, 2.24) is 9.97 Å². The molecule has 0 unspecified atom stereocenters. The second-order valence-electron chi connectivity index (χ2n) is 3.76. The summed E-state index contributed by atoms with van der Waals surface area (Å²) in [7, 11) is 0. The minimum atomic E-state index is -0.365. The summed E-state index contributed by atoms with van der Waals surface area (Å²) in [6.45, 7) is 5.92. The van der Waals surface area contributed by atoms with Crippen LogP contribution >= 0.6 is 0 Å². The van der Waals surface area contributed by atoms with Gasteiger partial charge < -0.3 is 9.72 Å². The van der Waals surface area contributed by atoms with E-state index in [2.05, 4.69) is 9.97 Å². The molecule has 0 aliphatic rings. The quantitative estimate of drug-likeness (QED) is 0.774. The van der Waals surface area contributed by atoms with Crippen LogP contribution in [0, 0.1) is 0 Å². The maximum atomic E-state index is 11.3. The van der Waals surface area contributed by atoms with Gasteiger partial charge in [-0.05, 0) is 6.92 Å². The van der Waals surface area contributed by atoms with E-state index >= 15 is 0 Å². The molecule has 0 amide bonds. The fourth-order valence-electron chi connectivity index (χ4n) is 1.25. The van der Waals surface area contributed by atoms with E-state index in [-0.39, 0.29) is 23.9 Å². The molecule has 0 aliphatic carbocycles. The Morgan fingerprint density at radius 1 is 1.56 bits per heavy atom. The number of H-pyrrole nitrogens is 1. The van der Waals surface area contributed by atoms with Gasteiger partial charge in [-0.3, -0.25) is 9.59 Å². The summed E-state index contributed by atoms with van der Waals surface area (Å²) in [6.07, 6.45) is 0.0392. The summed E-state index contributed by atoms with van der Waals surface area (Å²) in [5.41, 5.74) is 0.212. The van der Waals surface area contributed by atoms with Gasteiger partial charge in [-0.25, -0.2) is 4.98 Å². The van der Waals surface area contributed by atoms with Crippen molar-refractivity contribution in [2.75, 3.05) is 6.61 Å². The van der Waals surface area contributed by atoms with Crippen LogP contribution in [0.3, 0.4) is 0 Å². The van der Waals surface area contributed by atoms with Gasteiger partial charge in [0.15, 0.2) is 0 Å². The van der Waals surface area contributed by atoms with Crippen molar-refractivity contribution in [2.24, 2.45) is 0 Å². The van der Waals surface area contributed by atoms with Crippen LogP contribution in [0.15, 0.2) is 10.9 Å². The molecule has 0 saturated carbocycles. The normalized spacial score (nSPS) is 10.5. The summed E-state index contributed by atoms with van der Waals surface area (Å²) in [6, 6.07) is 1.32. The zero-order valence-corrected chi connectivity index (χ0v) is 9.74. The van der Waals surface area contributed by atoms with Gasteiger partial charge >= 0.3 is 5.97 Å². The largest absolute Gasteiger partial charge is 0.466 e. The Labute approximate surface area is 93.9 Å². The number of nitrogens with one attached hydrogen (secondary N) is 1. The molecular weight excluding hydrogens is 208 g/mol. The van der Waals surface area contributed by atoms with Crippen molar-refractivity contribution in [3.05, 3.63) is 27.9 Å². The lowest BCUT2D eigenvalue weighted by Crippen LogP contribution is -2.17. The average Bonchev–Trinajstić information content (AvgIpc) is 2.16. The number of ether oxygens (including phenoxy) is 1. The highest BCUT2D eigenvalue weighted by Gasteiger charge is 2.09. The van der Waals surface area contributed by atoms with E-state index in [1.807, 2.05) is 13.8 Å². The molecule has 0 radical (unpaired) electrons. The summed E-state index contributed by atoms with van der Waals surface area (Å²) in [4.78, 5) is 29.4. The van der Waals surface area contributed by atoms with E-state index < -0.39 is 0 Å². The van der Waals surface area contributed by atoms with Crippen molar-refractivity contribution >= 4 is 5.97 Å². The number of hydrogen-bond donors (Lipinski definition) is 1. The molecule has 0 saturated heterocycles. The van der Waals surface area contributed by atoms with Crippen molar-refractivity contribution < 1.29 is 9.53 Å². The van der Waals surface area contributed by atoms with Gasteiger partial charge in [0.2, 0.25) is 0 Å². The zero-order valence-electron chi connectivity index (χ0n) is 9.74. The van der Waals surface area contributed by atoms with Gasteiger partial charge in [-0.2, -0.15) is 0 Å². The average molecular weight is 224 g/mol. The summed E-state index contributed by atoms with van der Waals surface area (Å²) >= 11 is 0. The van der Waals surface area contributed by atoms with Gasteiger partial charge in [-0.15, -0.1) is 0 Å². The number of carbonyl (C=O) groups is 1. The Hall–Kier alpha value is -1.65. The third-order valence-corrected chi connectivity index (χ3v) is 1.99. The van der Waals surface area contributed by atoms with Crippen LogP contribution in [0.25, 0.3) is 0 Å². The number of rotatable bonds is 4. The van der Waals surface area contributed by atoms with Crippen LogP contribution in [0.5, 0.6) is 0 Å². The molecule has 0 spiro atoms. The first-order valence-corrected chi connectivity index (χ1v) is 5.28. The van der Waals surface area contributed by atoms with E-state index in [0.29, 0.717) is 18.1 Å². The van der Waals surface area contributed by atoms with Crippen LogP contribution < -0.4 is 5.56 Å². The maximum absolute atomic E-state index is 11.3. The topological polar surface area (TPSA) is 72.1 Å². The Morgan fingerprint density at radius 2 is 2.25 bits per heavy atom. The van der Waals surface area contributed by atoms with Crippen LogP contribution in [0.2, 0.25) is 0 Å². The lowest BCUT2D eigenvalue weighted by atomic mass is 10.2.